The van der Waals surface area contributed by atoms with E-state index in [1.165, 1.54) is 6.20 Å². The number of hydrogen-bond donors (Lipinski definition) is 2. The molecule has 1 aliphatic carbocycles. The quantitative estimate of drug-likeness (QED) is 0.437. The second-order valence-corrected chi connectivity index (χ2v) is 11.9. The van der Waals surface area contributed by atoms with E-state index in [9.17, 15) is 23.1 Å². The fraction of sp³-hybridized carbons (Fsp3) is 0.516. The molecule has 2 atom stereocenters. The van der Waals surface area contributed by atoms with Crippen molar-refractivity contribution in [1.82, 2.24) is 30.2 Å². The number of rotatable bonds is 6. The summed E-state index contributed by atoms with van der Waals surface area (Å²) >= 11 is 0. The molecule has 3 aliphatic rings. The number of halogens is 3. The molecule has 0 spiro atoms. The van der Waals surface area contributed by atoms with E-state index in [4.69, 9.17) is 0 Å². The molecule has 6 rings (SSSR count). The predicted octanol–water partition coefficient (Wildman–Crippen LogP) is 4.19. The van der Waals surface area contributed by atoms with Gasteiger partial charge in [0.15, 0.2) is 5.82 Å². The molecule has 2 unspecified atom stereocenters. The molecule has 1 saturated carbocycles. The minimum Gasteiger partial charge on any atom is -0.384 e. The fourth-order valence-electron chi connectivity index (χ4n) is 6.61. The van der Waals surface area contributed by atoms with E-state index >= 15 is 0 Å². The van der Waals surface area contributed by atoms with Crippen LogP contribution >= 0.6 is 0 Å². The van der Waals surface area contributed by atoms with Gasteiger partial charge in [-0.05, 0) is 75.3 Å². The molecular weight excluding hydrogens is 559 g/mol. The number of carbonyl (C=O) groups is 1. The summed E-state index contributed by atoms with van der Waals surface area (Å²) in [6.45, 7) is 2.23. The van der Waals surface area contributed by atoms with Crippen LogP contribution in [0.1, 0.15) is 56.2 Å². The summed E-state index contributed by atoms with van der Waals surface area (Å²) in [5.74, 6) is 0.663. The van der Waals surface area contributed by atoms with Crippen LogP contribution in [0, 0.1) is 5.92 Å². The van der Waals surface area contributed by atoms with E-state index in [2.05, 4.69) is 25.3 Å². The first-order valence-electron chi connectivity index (χ1n) is 15.0. The van der Waals surface area contributed by atoms with Crippen molar-refractivity contribution in [2.45, 2.75) is 68.8 Å². The highest BCUT2D eigenvalue weighted by atomic mass is 19.4. The smallest absolute Gasteiger partial charge is 0.384 e. The van der Waals surface area contributed by atoms with Crippen LogP contribution in [0.25, 0.3) is 11.4 Å². The normalized spacial score (nSPS) is 26.5. The van der Waals surface area contributed by atoms with Crippen LogP contribution in [-0.2, 0) is 16.6 Å². The summed E-state index contributed by atoms with van der Waals surface area (Å²) in [4.78, 5) is 34.3. The molecule has 43 heavy (non-hydrogen) atoms. The lowest BCUT2D eigenvalue weighted by atomic mass is 9.79. The summed E-state index contributed by atoms with van der Waals surface area (Å²) in [7, 11) is 0. The van der Waals surface area contributed by atoms with Crippen molar-refractivity contribution >= 4 is 11.7 Å². The summed E-state index contributed by atoms with van der Waals surface area (Å²) in [6, 6.07) is 7.97. The minimum absolute atomic E-state index is 0.0643. The Morgan fingerprint density at radius 3 is 2.44 bits per heavy atom. The number of nitrogens with zero attached hydrogens (tertiary/aromatic N) is 6. The van der Waals surface area contributed by atoms with Gasteiger partial charge in [-0.2, -0.15) is 13.2 Å². The largest absolute Gasteiger partial charge is 0.416 e. The number of hydrogen-bond acceptors (Lipinski definition) is 8. The van der Waals surface area contributed by atoms with Crippen molar-refractivity contribution in [3.63, 3.8) is 0 Å². The van der Waals surface area contributed by atoms with Gasteiger partial charge in [0.2, 0.25) is 5.91 Å². The van der Waals surface area contributed by atoms with Gasteiger partial charge in [0.05, 0.1) is 17.2 Å². The molecule has 2 saturated heterocycles. The number of nitrogens with one attached hydrogen (secondary N) is 1. The number of aliphatic hydroxyl groups is 1. The third-order valence-electron chi connectivity index (χ3n) is 9.02. The standard InChI is InChI=1S/C31H36F3N7O2/c32-31(33,34)23-8-14-35-27(17-23)40-15-1-3-22(19-40)29(42)41-16-9-25(20-41)39-24-6-10-30(43,11-7-24)26-5-4-21(18-38-26)28-36-12-2-13-37-28/h2,4-5,8,12-14,17-18,22,24-25,39,43H,1,3,6-7,9-11,15-16,19-20H2. The number of amides is 1. The zero-order valence-electron chi connectivity index (χ0n) is 23.9. The predicted molar refractivity (Wildman–Crippen MR) is 154 cm³/mol. The number of pyridine rings is 2. The van der Waals surface area contributed by atoms with Gasteiger partial charge in [0.25, 0.3) is 0 Å². The van der Waals surface area contributed by atoms with Crippen LogP contribution < -0.4 is 10.2 Å². The molecule has 3 fully saturated rings. The molecular formula is C31H36F3N7O2. The van der Waals surface area contributed by atoms with E-state index < -0.39 is 17.3 Å². The Bertz CT molecular complexity index is 1400. The molecule has 12 heteroatoms. The minimum atomic E-state index is -4.43. The van der Waals surface area contributed by atoms with E-state index in [1.807, 2.05) is 17.0 Å². The van der Waals surface area contributed by atoms with Crippen molar-refractivity contribution in [2.24, 2.45) is 5.92 Å². The van der Waals surface area contributed by atoms with Crippen LogP contribution in [0.3, 0.4) is 0 Å². The van der Waals surface area contributed by atoms with Gasteiger partial charge in [-0.3, -0.25) is 9.78 Å². The number of anilines is 1. The van der Waals surface area contributed by atoms with E-state index in [1.54, 1.807) is 29.6 Å². The van der Waals surface area contributed by atoms with Crippen LogP contribution in [0.4, 0.5) is 19.0 Å². The summed E-state index contributed by atoms with van der Waals surface area (Å²) < 4.78 is 39.6. The van der Waals surface area contributed by atoms with Gasteiger partial charge < -0.3 is 20.2 Å². The molecule has 0 aromatic carbocycles. The van der Waals surface area contributed by atoms with Crippen molar-refractivity contribution < 1.29 is 23.1 Å². The van der Waals surface area contributed by atoms with Gasteiger partial charge in [-0.25, -0.2) is 15.0 Å². The van der Waals surface area contributed by atoms with Crippen LogP contribution in [0.5, 0.6) is 0 Å². The highest BCUT2D eigenvalue weighted by Crippen LogP contribution is 2.37. The highest BCUT2D eigenvalue weighted by molar-refractivity contribution is 5.80. The van der Waals surface area contributed by atoms with Crippen LogP contribution in [0.15, 0.2) is 55.1 Å². The van der Waals surface area contributed by atoms with E-state index in [-0.39, 0.29) is 29.7 Å². The van der Waals surface area contributed by atoms with Gasteiger partial charge in [0, 0.05) is 68.6 Å². The SMILES string of the molecule is O=C(C1CCCN(c2cc(C(F)(F)F)ccn2)C1)N1CCC(NC2CCC(O)(c3ccc(-c4ncccn4)cn3)CC2)C1. The maximum atomic E-state index is 13.4. The first-order chi connectivity index (χ1) is 20.7. The van der Waals surface area contributed by atoms with E-state index in [0.29, 0.717) is 50.5 Å². The first kappa shape index (κ1) is 29.4. The molecule has 3 aromatic heterocycles. The van der Waals surface area contributed by atoms with Crippen molar-refractivity contribution in [2.75, 3.05) is 31.1 Å². The molecule has 3 aromatic rings. The summed E-state index contributed by atoms with van der Waals surface area (Å²) in [6.07, 6.45) is 6.91. The molecule has 2 aliphatic heterocycles. The Balaban J connectivity index is 0.989. The highest BCUT2D eigenvalue weighted by Gasteiger charge is 2.39. The summed E-state index contributed by atoms with van der Waals surface area (Å²) in [5, 5.41) is 15.1. The number of piperidine rings is 1. The number of aromatic nitrogens is 4. The summed E-state index contributed by atoms with van der Waals surface area (Å²) in [5.41, 5.74) is -0.248. The number of carbonyl (C=O) groups excluding carboxylic acids is 1. The fourth-order valence-corrected chi connectivity index (χ4v) is 6.61. The topological polar surface area (TPSA) is 107 Å². The monoisotopic (exact) mass is 595 g/mol. The number of likely N-dealkylation sites (tertiary alicyclic amines) is 1. The number of alkyl halides is 3. The van der Waals surface area contributed by atoms with Crippen molar-refractivity contribution in [3.8, 4) is 11.4 Å². The lowest BCUT2D eigenvalue weighted by Gasteiger charge is -2.37. The average molecular weight is 596 g/mol. The maximum Gasteiger partial charge on any atom is 0.416 e. The van der Waals surface area contributed by atoms with Crippen LogP contribution in [-0.4, -0.2) is 74.1 Å². The van der Waals surface area contributed by atoms with Gasteiger partial charge >= 0.3 is 6.18 Å². The Morgan fingerprint density at radius 1 is 0.930 bits per heavy atom. The third-order valence-corrected chi connectivity index (χ3v) is 9.02. The lowest BCUT2D eigenvalue weighted by Crippen LogP contribution is -2.47. The molecule has 1 amide bonds. The average Bonchev–Trinajstić information content (AvgIpc) is 3.50. The third kappa shape index (κ3) is 6.65. The molecule has 0 bridgehead atoms. The zero-order chi connectivity index (χ0) is 30.0. The molecule has 0 radical (unpaired) electrons. The first-order valence-corrected chi connectivity index (χ1v) is 15.0. The zero-order valence-corrected chi connectivity index (χ0v) is 23.9. The van der Waals surface area contributed by atoms with Crippen molar-refractivity contribution in [3.05, 3.63) is 66.4 Å². The molecule has 9 nitrogen and oxygen atoms in total. The molecule has 5 heterocycles. The van der Waals surface area contributed by atoms with Gasteiger partial charge in [-0.15, -0.1) is 0 Å². The van der Waals surface area contributed by atoms with Crippen LogP contribution in [0.2, 0.25) is 0 Å². The van der Waals surface area contributed by atoms with Gasteiger partial charge in [0.1, 0.15) is 11.4 Å². The molecule has 2 N–H and O–H groups in total. The Hall–Kier alpha value is -3.64. The molecule has 228 valence electrons. The Kier molecular flexibility index (Phi) is 8.32. The Labute approximate surface area is 248 Å². The van der Waals surface area contributed by atoms with Gasteiger partial charge in [-0.1, -0.05) is 0 Å². The van der Waals surface area contributed by atoms with Crippen molar-refractivity contribution in [1.29, 1.82) is 0 Å². The Morgan fingerprint density at radius 2 is 1.72 bits per heavy atom. The second kappa shape index (κ2) is 12.2. The maximum absolute atomic E-state index is 13.4. The second-order valence-electron chi connectivity index (χ2n) is 11.9. The lowest BCUT2D eigenvalue weighted by molar-refractivity contribution is -0.137. The van der Waals surface area contributed by atoms with E-state index in [0.717, 1.165) is 49.8 Å².